The SMILES string of the molecule is C=C(C)/C(=C(\C(C)=NC)C(C)C)C(C)C. The summed E-state index contributed by atoms with van der Waals surface area (Å²) < 4.78 is 0. The Kier molecular flexibility index (Phi) is 5.56. The molecule has 1 heteroatoms. The number of nitrogens with zero attached hydrogens (tertiary/aromatic N) is 1. The summed E-state index contributed by atoms with van der Waals surface area (Å²) in [5.74, 6) is 1.01. The van der Waals surface area contributed by atoms with Gasteiger partial charge in [-0.1, -0.05) is 39.8 Å². The quantitative estimate of drug-likeness (QED) is 0.482. The Hall–Kier alpha value is -0.850. The fourth-order valence-corrected chi connectivity index (χ4v) is 2.08. The predicted octanol–water partition coefficient (Wildman–Crippen LogP) is 4.26. The molecule has 15 heavy (non-hydrogen) atoms. The molecule has 0 aromatic heterocycles. The zero-order chi connectivity index (χ0) is 12.2. The zero-order valence-corrected chi connectivity index (χ0v) is 11.3. The van der Waals surface area contributed by atoms with Crippen molar-refractivity contribution in [3.8, 4) is 0 Å². The standard InChI is InChI=1S/C14H25N/c1-9(2)13(10(3)4)14(11(5)6)12(7)15-8/h10-11H,1H2,2-8H3/b14-13+,15-12?. The van der Waals surface area contributed by atoms with Gasteiger partial charge < -0.3 is 0 Å². The molecule has 0 aromatic carbocycles. The summed E-state index contributed by atoms with van der Waals surface area (Å²) >= 11 is 0. The monoisotopic (exact) mass is 207 g/mol. The molecule has 0 heterocycles. The lowest BCUT2D eigenvalue weighted by Crippen LogP contribution is -2.12. The van der Waals surface area contributed by atoms with Gasteiger partial charge in [-0.05, 0) is 36.8 Å². The van der Waals surface area contributed by atoms with Crippen molar-refractivity contribution in [1.29, 1.82) is 0 Å². The summed E-state index contributed by atoms with van der Waals surface area (Å²) in [5.41, 5.74) is 5.03. The zero-order valence-electron chi connectivity index (χ0n) is 11.3. The topological polar surface area (TPSA) is 12.4 Å². The Morgan fingerprint density at radius 3 is 1.53 bits per heavy atom. The van der Waals surface area contributed by atoms with Gasteiger partial charge in [0.05, 0.1) is 0 Å². The van der Waals surface area contributed by atoms with Crippen LogP contribution in [0.25, 0.3) is 0 Å². The molecule has 0 amide bonds. The third kappa shape index (κ3) is 3.65. The molecule has 0 saturated carbocycles. The molecule has 0 bridgehead atoms. The highest BCUT2D eigenvalue weighted by atomic mass is 14.7. The Labute approximate surface area is 95.0 Å². The van der Waals surface area contributed by atoms with Gasteiger partial charge >= 0.3 is 0 Å². The molecule has 0 saturated heterocycles. The van der Waals surface area contributed by atoms with Gasteiger partial charge in [-0.3, -0.25) is 4.99 Å². The first-order valence-corrected chi connectivity index (χ1v) is 5.66. The van der Waals surface area contributed by atoms with E-state index in [9.17, 15) is 0 Å². The van der Waals surface area contributed by atoms with Crippen molar-refractivity contribution in [2.24, 2.45) is 16.8 Å². The van der Waals surface area contributed by atoms with Crippen molar-refractivity contribution in [2.75, 3.05) is 7.05 Å². The molecule has 0 unspecified atom stereocenters. The second-order valence-corrected chi connectivity index (χ2v) is 4.73. The van der Waals surface area contributed by atoms with E-state index in [1.54, 1.807) is 0 Å². The smallest absolute Gasteiger partial charge is 0.0351 e. The van der Waals surface area contributed by atoms with Crippen LogP contribution in [0.2, 0.25) is 0 Å². The summed E-state index contributed by atoms with van der Waals surface area (Å²) in [6, 6.07) is 0. The van der Waals surface area contributed by atoms with Crippen molar-refractivity contribution >= 4 is 5.71 Å². The van der Waals surface area contributed by atoms with E-state index in [4.69, 9.17) is 0 Å². The second-order valence-electron chi connectivity index (χ2n) is 4.73. The fraction of sp³-hybridized carbons (Fsp3) is 0.643. The Morgan fingerprint density at radius 1 is 0.933 bits per heavy atom. The van der Waals surface area contributed by atoms with Gasteiger partial charge in [0.25, 0.3) is 0 Å². The fourth-order valence-electron chi connectivity index (χ4n) is 2.08. The molecule has 0 aliphatic rings. The van der Waals surface area contributed by atoms with Gasteiger partial charge in [-0.2, -0.15) is 0 Å². The summed E-state index contributed by atoms with van der Waals surface area (Å²) in [5, 5.41) is 0. The highest BCUT2D eigenvalue weighted by Gasteiger charge is 2.16. The number of rotatable bonds is 4. The van der Waals surface area contributed by atoms with Crippen molar-refractivity contribution in [3.63, 3.8) is 0 Å². The molecule has 0 N–H and O–H groups in total. The molecule has 0 atom stereocenters. The molecule has 0 aromatic rings. The summed E-state index contributed by atoms with van der Waals surface area (Å²) in [6.45, 7) is 17.1. The third-order valence-corrected chi connectivity index (χ3v) is 2.63. The van der Waals surface area contributed by atoms with Gasteiger partial charge in [-0.25, -0.2) is 0 Å². The van der Waals surface area contributed by atoms with E-state index >= 15 is 0 Å². The summed E-state index contributed by atoms with van der Waals surface area (Å²) in [6.07, 6.45) is 0. The third-order valence-electron chi connectivity index (χ3n) is 2.63. The highest BCUT2D eigenvalue weighted by Crippen LogP contribution is 2.27. The summed E-state index contributed by atoms with van der Waals surface area (Å²) in [7, 11) is 1.86. The largest absolute Gasteiger partial charge is 0.293 e. The minimum absolute atomic E-state index is 0.503. The lowest BCUT2D eigenvalue weighted by molar-refractivity contribution is 0.720. The van der Waals surface area contributed by atoms with E-state index < -0.39 is 0 Å². The Balaban J connectivity index is 5.68. The van der Waals surface area contributed by atoms with Crippen LogP contribution < -0.4 is 0 Å². The average molecular weight is 207 g/mol. The van der Waals surface area contributed by atoms with Crippen LogP contribution in [0.5, 0.6) is 0 Å². The minimum Gasteiger partial charge on any atom is -0.293 e. The molecule has 0 radical (unpaired) electrons. The van der Waals surface area contributed by atoms with Crippen LogP contribution in [-0.2, 0) is 0 Å². The van der Waals surface area contributed by atoms with Crippen LogP contribution in [0.4, 0.5) is 0 Å². The van der Waals surface area contributed by atoms with Crippen molar-refractivity contribution < 1.29 is 0 Å². The highest BCUT2D eigenvalue weighted by molar-refractivity contribution is 5.99. The van der Waals surface area contributed by atoms with E-state index in [1.807, 2.05) is 7.05 Å². The molecule has 0 rings (SSSR count). The molecule has 86 valence electrons. The van der Waals surface area contributed by atoms with Gasteiger partial charge in [0, 0.05) is 12.8 Å². The number of hydrogen-bond acceptors (Lipinski definition) is 1. The van der Waals surface area contributed by atoms with Crippen molar-refractivity contribution in [3.05, 3.63) is 23.3 Å². The number of aliphatic imine (C=N–C) groups is 1. The van der Waals surface area contributed by atoms with Crippen molar-refractivity contribution in [2.45, 2.75) is 41.5 Å². The van der Waals surface area contributed by atoms with E-state index in [-0.39, 0.29) is 0 Å². The van der Waals surface area contributed by atoms with Gasteiger partial charge in [0.2, 0.25) is 0 Å². The average Bonchev–Trinajstić information content (AvgIpc) is 2.10. The second kappa shape index (κ2) is 5.89. The lowest BCUT2D eigenvalue weighted by Gasteiger charge is -2.21. The Morgan fingerprint density at radius 2 is 1.33 bits per heavy atom. The molecular formula is C14H25N. The van der Waals surface area contributed by atoms with Crippen molar-refractivity contribution in [1.82, 2.24) is 0 Å². The van der Waals surface area contributed by atoms with Crippen LogP contribution in [-0.4, -0.2) is 12.8 Å². The first kappa shape index (κ1) is 14.2. The predicted molar refractivity (Wildman–Crippen MR) is 70.5 cm³/mol. The summed E-state index contributed by atoms with van der Waals surface area (Å²) in [4.78, 5) is 4.31. The van der Waals surface area contributed by atoms with Gasteiger partial charge in [-0.15, -0.1) is 0 Å². The van der Waals surface area contributed by atoms with Crippen LogP contribution in [0, 0.1) is 11.8 Å². The maximum Gasteiger partial charge on any atom is 0.0351 e. The van der Waals surface area contributed by atoms with Crippen LogP contribution in [0.1, 0.15) is 41.5 Å². The minimum atomic E-state index is 0.503. The van der Waals surface area contributed by atoms with Gasteiger partial charge in [0.1, 0.15) is 0 Å². The first-order valence-electron chi connectivity index (χ1n) is 5.66. The van der Waals surface area contributed by atoms with E-state index in [0.717, 1.165) is 11.3 Å². The molecule has 0 aliphatic carbocycles. The lowest BCUT2D eigenvalue weighted by atomic mass is 9.84. The van der Waals surface area contributed by atoms with Crippen LogP contribution in [0.15, 0.2) is 28.3 Å². The molecular weight excluding hydrogens is 182 g/mol. The maximum absolute atomic E-state index is 4.31. The molecule has 0 aliphatic heterocycles. The van der Waals surface area contributed by atoms with E-state index in [2.05, 4.69) is 53.1 Å². The van der Waals surface area contributed by atoms with Crippen LogP contribution in [0.3, 0.4) is 0 Å². The van der Waals surface area contributed by atoms with Crippen LogP contribution >= 0.6 is 0 Å². The number of hydrogen-bond donors (Lipinski definition) is 0. The van der Waals surface area contributed by atoms with Gasteiger partial charge in [0.15, 0.2) is 0 Å². The molecule has 0 spiro atoms. The normalized spacial score (nSPS) is 14.6. The van der Waals surface area contributed by atoms with E-state index in [0.29, 0.717) is 11.8 Å². The Bertz CT molecular complexity index is 290. The maximum atomic E-state index is 4.31. The first-order chi connectivity index (χ1) is 6.82. The number of allylic oxidation sites excluding steroid dienone is 3. The molecule has 1 nitrogen and oxygen atoms in total. The molecule has 0 fully saturated rings. The van der Waals surface area contributed by atoms with E-state index in [1.165, 1.54) is 11.1 Å².